The van der Waals surface area contributed by atoms with Crippen molar-refractivity contribution >= 4 is 11.9 Å². The topological polar surface area (TPSA) is 86.6 Å². The van der Waals surface area contributed by atoms with Crippen molar-refractivity contribution in [2.24, 2.45) is 0 Å². The number of carboxylic acids is 2. The Balaban J connectivity index is 3.10. The first-order valence-electron chi connectivity index (χ1n) is 5.30. The lowest BCUT2D eigenvalue weighted by Crippen LogP contribution is -2.06. The number of carboxylic acid groups (broad SMARTS) is 2. The van der Waals surface area contributed by atoms with E-state index in [9.17, 15) is 9.59 Å². The fourth-order valence-corrected chi connectivity index (χ4v) is 1.31. The Labute approximate surface area is 104 Å². The van der Waals surface area contributed by atoms with Crippen molar-refractivity contribution in [3.05, 3.63) is 34.9 Å². The van der Waals surface area contributed by atoms with Gasteiger partial charge in [-0.15, -0.1) is 0 Å². The molecule has 0 fully saturated rings. The van der Waals surface area contributed by atoms with Crippen molar-refractivity contribution in [1.29, 1.82) is 0 Å². The Bertz CT molecular complexity index is 526. The van der Waals surface area contributed by atoms with Crippen LogP contribution in [0.2, 0.25) is 0 Å². The molecule has 0 aromatic heterocycles. The Morgan fingerprint density at radius 1 is 1.28 bits per heavy atom. The predicted octanol–water partition coefficient (Wildman–Crippen LogP) is 1.04. The van der Waals surface area contributed by atoms with Gasteiger partial charge in [0.1, 0.15) is 0 Å². The van der Waals surface area contributed by atoms with Crippen LogP contribution in [0.4, 0.5) is 0 Å². The van der Waals surface area contributed by atoms with Crippen molar-refractivity contribution in [1.82, 2.24) is 5.32 Å². The van der Waals surface area contributed by atoms with E-state index in [2.05, 4.69) is 17.2 Å². The number of rotatable bonds is 4. The monoisotopic (exact) mass is 247 g/mol. The number of hydrogen-bond donors (Lipinski definition) is 3. The molecule has 94 valence electrons. The molecule has 5 heteroatoms. The zero-order valence-electron chi connectivity index (χ0n) is 9.86. The first-order chi connectivity index (χ1) is 8.56. The highest BCUT2D eigenvalue weighted by atomic mass is 16.4. The van der Waals surface area contributed by atoms with Gasteiger partial charge in [0.25, 0.3) is 0 Å². The molecule has 1 rings (SSSR count). The number of hydrogen-bond acceptors (Lipinski definition) is 3. The van der Waals surface area contributed by atoms with E-state index < -0.39 is 11.9 Å². The van der Waals surface area contributed by atoms with E-state index in [1.807, 2.05) is 0 Å². The Morgan fingerprint density at radius 2 is 2.00 bits per heavy atom. The van der Waals surface area contributed by atoms with Crippen LogP contribution in [0, 0.1) is 11.8 Å². The van der Waals surface area contributed by atoms with E-state index in [0.29, 0.717) is 13.0 Å². The van der Waals surface area contributed by atoms with Crippen molar-refractivity contribution in [2.45, 2.75) is 6.42 Å². The molecule has 0 unspecified atom stereocenters. The molecule has 5 nitrogen and oxygen atoms in total. The summed E-state index contributed by atoms with van der Waals surface area (Å²) in [5.41, 5.74) is 0.258. The van der Waals surface area contributed by atoms with Crippen molar-refractivity contribution in [3.8, 4) is 11.8 Å². The molecule has 3 N–H and O–H groups in total. The molecule has 1 aromatic carbocycles. The van der Waals surface area contributed by atoms with Gasteiger partial charge in [-0.3, -0.25) is 0 Å². The van der Waals surface area contributed by atoms with Crippen LogP contribution in [0.3, 0.4) is 0 Å². The maximum atomic E-state index is 11.0. The first kappa shape index (κ1) is 13.7. The van der Waals surface area contributed by atoms with E-state index in [4.69, 9.17) is 10.2 Å². The number of nitrogens with one attached hydrogen (secondary N) is 1. The molecular formula is C13H13NO4. The summed E-state index contributed by atoms with van der Waals surface area (Å²) in [6.45, 7) is 0.689. The van der Waals surface area contributed by atoms with Gasteiger partial charge in [-0.2, -0.15) is 0 Å². The Kier molecular flexibility index (Phi) is 4.90. The maximum absolute atomic E-state index is 11.0. The Hall–Kier alpha value is -2.32. The predicted molar refractivity (Wildman–Crippen MR) is 65.8 cm³/mol. The second-order valence-corrected chi connectivity index (χ2v) is 3.53. The smallest absolute Gasteiger partial charge is 0.336 e. The third kappa shape index (κ3) is 3.61. The van der Waals surface area contributed by atoms with Crippen LogP contribution in [0.25, 0.3) is 0 Å². The lowest BCUT2D eigenvalue weighted by molar-refractivity contribution is 0.0681. The van der Waals surface area contributed by atoms with Gasteiger partial charge >= 0.3 is 11.9 Å². The lowest BCUT2D eigenvalue weighted by atomic mass is 10.0. The molecule has 0 saturated heterocycles. The molecule has 0 aliphatic carbocycles. The zero-order valence-corrected chi connectivity index (χ0v) is 9.86. The number of aromatic carboxylic acids is 2. The van der Waals surface area contributed by atoms with E-state index in [1.54, 1.807) is 7.05 Å². The fourth-order valence-electron chi connectivity index (χ4n) is 1.31. The molecule has 0 radical (unpaired) electrons. The molecule has 0 spiro atoms. The molecule has 18 heavy (non-hydrogen) atoms. The summed E-state index contributed by atoms with van der Waals surface area (Å²) < 4.78 is 0. The lowest BCUT2D eigenvalue weighted by Gasteiger charge is -2.01. The van der Waals surface area contributed by atoms with Gasteiger partial charge in [-0.1, -0.05) is 11.8 Å². The highest BCUT2D eigenvalue weighted by Crippen LogP contribution is 2.11. The van der Waals surface area contributed by atoms with Gasteiger partial charge in [0.15, 0.2) is 0 Å². The highest BCUT2D eigenvalue weighted by molar-refractivity contribution is 5.94. The largest absolute Gasteiger partial charge is 0.478 e. The van der Waals surface area contributed by atoms with Crippen LogP contribution in [-0.4, -0.2) is 35.7 Å². The highest BCUT2D eigenvalue weighted by Gasteiger charge is 2.11. The molecule has 0 aliphatic rings. The van der Waals surface area contributed by atoms with Crippen LogP contribution < -0.4 is 5.32 Å². The third-order valence-corrected chi connectivity index (χ3v) is 2.22. The molecule has 1 aromatic rings. The van der Waals surface area contributed by atoms with Crippen LogP contribution in [-0.2, 0) is 0 Å². The number of carbonyl (C=O) groups is 2. The van der Waals surface area contributed by atoms with Crippen molar-refractivity contribution < 1.29 is 19.8 Å². The van der Waals surface area contributed by atoms with Gasteiger partial charge in [0.2, 0.25) is 0 Å². The molecular weight excluding hydrogens is 234 g/mol. The maximum Gasteiger partial charge on any atom is 0.336 e. The zero-order chi connectivity index (χ0) is 13.5. The molecule has 0 saturated carbocycles. The third-order valence-electron chi connectivity index (χ3n) is 2.22. The summed E-state index contributed by atoms with van der Waals surface area (Å²) in [6.07, 6.45) is 0.562. The average molecular weight is 247 g/mol. The Morgan fingerprint density at radius 3 is 2.56 bits per heavy atom. The van der Waals surface area contributed by atoms with Crippen molar-refractivity contribution in [3.63, 3.8) is 0 Å². The summed E-state index contributed by atoms with van der Waals surface area (Å²) in [4.78, 5) is 21.8. The van der Waals surface area contributed by atoms with Gasteiger partial charge < -0.3 is 15.5 Å². The summed E-state index contributed by atoms with van der Waals surface area (Å²) in [5, 5.41) is 20.7. The van der Waals surface area contributed by atoms with Gasteiger partial charge in [0.05, 0.1) is 11.1 Å². The second-order valence-electron chi connectivity index (χ2n) is 3.53. The van der Waals surface area contributed by atoms with E-state index in [-0.39, 0.29) is 16.7 Å². The minimum absolute atomic E-state index is 0.0111. The van der Waals surface area contributed by atoms with Crippen LogP contribution in [0.1, 0.15) is 32.7 Å². The van der Waals surface area contributed by atoms with Crippen LogP contribution >= 0.6 is 0 Å². The summed E-state index contributed by atoms with van der Waals surface area (Å²) in [6, 6.07) is 3.79. The second kappa shape index (κ2) is 6.42. The quantitative estimate of drug-likeness (QED) is 0.546. The molecule has 0 bridgehead atoms. The minimum atomic E-state index is -1.12. The molecule has 0 atom stereocenters. The summed E-state index contributed by atoms with van der Waals surface area (Å²) in [5.74, 6) is 3.26. The van der Waals surface area contributed by atoms with E-state index in [0.717, 1.165) is 0 Å². The number of benzene rings is 1. The first-order valence-corrected chi connectivity index (χ1v) is 5.30. The fraction of sp³-hybridized carbons (Fsp3) is 0.231. The average Bonchev–Trinajstić information content (AvgIpc) is 2.34. The SMILES string of the molecule is CNCCC#Cc1cc(C(=O)O)ccc1C(=O)O. The van der Waals surface area contributed by atoms with Gasteiger partial charge in [0, 0.05) is 18.5 Å². The van der Waals surface area contributed by atoms with Gasteiger partial charge in [-0.25, -0.2) is 9.59 Å². The summed E-state index contributed by atoms with van der Waals surface area (Å²) in [7, 11) is 1.79. The molecule has 0 amide bonds. The minimum Gasteiger partial charge on any atom is -0.478 e. The molecule has 0 aliphatic heterocycles. The van der Waals surface area contributed by atoms with Gasteiger partial charge in [-0.05, 0) is 25.2 Å². The molecule has 0 heterocycles. The van der Waals surface area contributed by atoms with Crippen LogP contribution in [0.15, 0.2) is 18.2 Å². The van der Waals surface area contributed by atoms with Crippen LogP contribution in [0.5, 0.6) is 0 Å². The van der Waals surface area contributed by atoms with Crippen molar-refractivity contribution in [2.75, 3.05) is 13.6 Å². The standard InChI is InChI=1S/C13H13NO4/c1-14-7-3-2-4-9-8-10(12(15)16)5-6-11(9)13(17)18/h5-6,8,14H,3,7H2,1H3,(H,15,16)(H,17,18). The normalized spacial score (nSPS) is 9.39. The summed E-state index contributed by atoms with van der Waals surface area (Å²) >= 11 is 0. The van der Waals surface area contributed by atoms with E-state index >= 15 is 0 Å². The van der Waals surface area contributed by atoms with E-state index in [1.165, 1.54) is 18.2 Å².